The number of carboxylic acids is 1. The van der Waals surface area contributed by atoms with E-state index in [2.05, 4.69) is 5.32 Å². The number of rotatable bonds is 6. The molecule has 2 aliphatic rings. The van der Waals surface area contributed by atoms with Crippen molar-refractivity contribution < 1.29 is 28.2 Å². The number of hydrogen-bond acceptors (Lipinski definition) is 4. The molecular weight excluding hydrogens is 434 g/mol. The van der Waals surface area contributed by atoms with Gasteiger partial charge in [0.1, 0.15) is 18.0 Å². The lowest BCUT2D eigenvalue weighted by molar-refractivity contribution is 0.0694. The molecule has 0 bridgehead atoms. The summed E-state index contributed by atoms with van der Waals surface area (Å²) in [7, 11) is 0. The number of aromatic carboxylic acids is 1. The number of aromatic nitrogens is 1. The van der Waals surface area contributed by atoms with Crippen molar-refractivity contribution in [3.8, 4) is 0 Å². The minimum Gasteiger partial charge on any atom is -0.477 e. The Morgan fingerprint density at radius 3 is 2.48 bits per heavy atom. The lowest BCUT2D eigenvalue weighted by Gasteiger charge is -2.21. The molecule has 2 saturated carbocycles. The first kappa shape index (κ1) is 21.1. The highest BCUT2D eigenvalue weighted by Crippen LogP contribution is 2.49. The SMILES string of the molecule is O=C(NC1(c2c(F)cc3c(=O)c(C(=O)O)cn(C4CC4)c3c2F)CC1)OCc1ccccc1. The Bertz CT molecular complexity index is 1340. The van der Waals surface area contributed by atoms with Gasteiger partial charge >= 0.3 is 12.1 Å². The summed E-state index contributed by atoms with van der Waals surface area (Å²) in [6.07, 6.45) is 2.30. The van der Waals surface area contributed by atoms with E-state index in [1.54, 1.807) is 24.3 Å². The number of alkyl carbamates (subject to hydrolysis) is 1. The average molecular weight is 454 g/mol. The lowest BCUT2D eigenvalue weighted by atomic mass is 9.99. The molecular formula is C24H20F2N2O5. The van der Waals surface area contributed by atoms with E-state index in [4.69, 9.17) is 4.74 Å². The zero-order chi connectivity index (χ0) is 23.3. The van der Waals surface area contributed by atoms with Gasteiger partial charge in [-0.1, -0.05) is 30.3 Å². The van der Waals surface area contributed by atoms with Crippen LogP contribution in [0.2, 0.25) is 0 Å². The third kappa shape index (κ3) is 3.73. The van der Waals surface area contributed by atoms with E-state index in [9.17, 15) is 19.5 Å². The molecule has 2 aliphatic carbocycles. The van der Waals surface area contributed by atoms with Crippen LogP contribution < -0.4 is 10.7 Å². The molecule has 3 aromatic rings. The number of halogens is 2. The highest BCUT2D eigenvalue weighted by molar-refractivity contribution is 5.93. The quantitative estimate of drug-likeness (QED) is 0.581. The van der Waals surface area contributed by atoms with Crippen LogP contribution in [0.15, 0.2) is 47.4 Å². The number of carbonyl (C=O) groups excluding carboxylic acids is 1. The summed E-state index contributed by atoms with van der Waals surface area (Å²) in [5, 5.41) is 11.6. The first-order valence-electron chi connectivity index (χ1n) is 10.6. The molecule has 0 radical (unpaired) electrons. The highest BCUT2D eigenvalue weighted by atomic mass is 19.1. The van der Waals surface area contributed by atoms with E-state index in [-0.39, 0.29) is 29.1 Å². The Morgan fingerprint density at radius 1 is 1.18 bits per heavy atom. The van der Waals surface area contributed by atoms with Crippen LogP contribution in [0.4, 0.5) is 13.6 Å². The van der Waals surface area contributed by atoms with Gasteiger partial charge in [0.05, 0.1) is 22.0 Å². The molecule has 9 heteroatoms. The maximum absolute atomic E-state index is 15.8. The number of nitrogens with one attached hydrogen (secondary N) is 1. The summed E-state index contributed by atoms with van der Waals surface area (Å²) in [6, 6.07) is 9.70. The number of hydrogen-bond donors (Lipinski definition) is 2. The van der Waals surface area contributed by atoms with Gasteiger partial charge in [-0.3, -0.25) is 4.79 Å². The third-order valence-corrected chi connectivity index (χ3v) is 6.16. The first-order valence-corrected chi connectivity index (χ1v) is 10.6. The number of pyridine rings is 1. The zero-order valence-corrected chi connectivity index (χ0v) is 17.4. The van der Waals surface area contributed by atoms with Crippen molar-refractivity contribution in [2.75, 3.05) is 0 Å². The molecule has 0 saturated heterocycles. The molecule has 2 aromatic carbocycles. The second kappa shape index (κ2) is 7.68. The van der Waals surface area contributed by atoms with Crippen LogP contribution in [-0.2, 0) is 16.9 Å². The molecule has 0 spiro atoms. The van der Waals surface area contributed by atoms with Gasteiger partial charge in [-0.2, -0.15) is 0 Å². The zero-order valence-electron chi connectivity index (χ0n) is 17.4. The number of carbonyl (C=O) groups is 2. The fraction of sp³-hybridized carbons (Fsp3) is 0.292. The molecule has 170 valence electrons. The maximum atomic E-state index is 15.8. The van der Waals surface area contributed by atoms with Crippen molar-refractivity contribution in [3.63, 3.8) is 0 Å². The molecule has 2 N–H and O–H groups in total. The molecule has 0 aliphatic heterocycles. The second-order valence-electron chi connectivity index (χ2n) is 8.53. The number of amides is 1. The van der Waals surface area contributed by atoms with Crippen LogP contribution in [0, 0.1) is 11.6 Å². The fourth-order valence-electron chi connectivity index (χ4n) is 4.19. The average Bonchev–Trinajstić information content (AvgIpc) is 3.70. The second-order valence-corrected chi connectivity index (χ2v) is 8.53. The van der Waals surface area contributed by atoms with Crippen molar-refractivity contribution in [3.05, 3.63) is 81.1 Å². The van der Waals surface area contributed by atoms with Crippen molar-refractivity contribution in [1.29, 1.82) is 0 Å². The highest BCUT2D eigenvalue weighted by Gasteiger charge is 2.50. The topological polar surface area (TPSA) is 97.6 Å². The molecule has 1 amide bonds. The van der Waals surface area contributed by atoms with Gasteiger partial charge in [0.15, 0.2) is 5.82 Å². The minimum atomic E-state index is -1.46. The lowest BCUT2D eigenvalue weighted by Crippen LogP contribution is -2.37. The smallest absolute Gasteiger partial charge is 0.408 e. The van der Waals surface area contributed by atoms with E-state index in [0.717, 1.165) is 17.8 Å². The summed E-state index contributed by atoms with van der Waals surface area (Å²) in [6.45, 7) is 0.00459. The van der Waals surface area contributed by atoms with Gasteiger partial charge in [-0.15, -0.1) is 0 Å². The summed E-state index contributed by atoms with van der Waals surface area (Å²) in [5.41, 5.74) is -2.49. The molecule has 7 nitrogen and oxygen atoms in total. The van der Waals surface area contributed by atoms with E-state index in [1.807, 2.05) is 6.07 Å². The van der Waals surface area contributed by atoms with E-state index >= 15 is 8.78 Å². The van der Waals surface area contributed by atoms with Gasteiger partial charge in [0.25, 0.3) is 0 Å². The molecule has 2 fully saturated rings. The number of benzene rings is 2. The summed E-state index contributed by atoms with van der Waals surface area (Å²) in [4.78, 5) is 36.5. The predicted molar refractivity (Wildman–Crippen MR) is 114 cm³/mol. The monoisotopic (exact) mass is 454 g/mol. The van der Waals surface area contributed by atoms with Crippen LogP contribution in [0.5, 0.6) is 0 Å². The van der Waals surface area contributed by atoms with Gasteiger partial charge in [-0.25, -0.2) is 18.4 Å². The van der Waals surface area contributed by atoms with E-state index in [0.29, 0.717) is 25.7 Å². The van der Waals surface area contributed by atoms with E-state index in [1.165, 1.54) is 4.57 Å². The molecule has 1 heterocycles. The maximum Gasteiger partial charge on any atom is 0.408 e. The molecule has 5 rings (SSSR count). The van der Waals surface area contributed by atoms with Crippen molar-refractivity contribution in [2.45, 2.75) is 43.9 Å². The summed E-state index contributed by atoms with van der Waals surface area (Å²) >= 11 is 0. The van der Waals surface area contributed by atoms with Crippen LogP contribution in [0.25, 0.3) is 10.9 Å². The number of nitrogens with zero attached hydrogens (tertiary/aromatic N) is 1. The van der Waals surface area contributed by atoms with Gasteiger partial charge in [0.2, 0.25) is 5.43 Å². The Balaban J connectivity index is 1.52. The van der Waals surface area contributed by atoms with E-state index < -0.39 is 40.2 Å². The molecule has 1 aromatic heterocycles. The van der Waals surface area contributed by atoms with Crippen molar-refractivity contribution in [1.82, 2.24) is 9.88 Å². The number of carboxylic acid groups (broad SMARTS) is 1. The Hall–Kier alpha value is -3.75. The van der Waals surface area contributed by atoms with Gasteiger partial charge in [0, 0.05) is 12.2 Å². The van der Waals surface area contributed by atoms with Crippen LogP contribution in [0.1, 0.15) is 53.2 Å². The normalized spacial score (nSPS) is 16.4. The molecule has 0 atom stereocenters. The Labute approximate surface area is 186 Å². The number of ether oxygens (including phenoxy) is 1. The van der Waals surface area contributed by atoms with Crippen LogP contribution in [0.3, 0.4) is 0 Å². The summed E-state index contributed by atoms with van der Waals surface area (Å²) < 4.78 is 37.6. The minimum absolute atomic E-state index is 0.00459. The molecule has 0 unspecified atom stereocenters. The predicted octanol–water partition coefficient (Wildman–Crippen LogP) is 4.23. The first-order chi connectivity index (χ1) is 15.8. The number of fused-ring (bicyclic) bond motifs is 1. The largest absolute Gasteiger partial charge is 0.477 e. The standard InChI is InChI=1S/C24H20F2N2O5/c25-17-10-15-20(28(14-6-7-14)11-16(21(15)29)22(30)31)19(26)18(17)24(8-9-24)27-23(32)33-12-13-4-2-1-3-5-13/h1-5,10-11,14H,6-9,12H2,(H,27,32)(H,30,31). The van der Waals surface area contributed by atoms with Gasteiger partial charge in [-0.05, 0) is 37.3 Å². The third-order valence-electron chi connectivity index (χ3n) is 6.16. The van der Waals surface area contributed by atoms with Crippen LogP contribution >= 0.6 is 0 Å². The van der Waals surface area contributed by atoms with Gasteiger partial charge < -0.3 is 19.7 Å². The van der Waals surface area contributed by atoms with Crippen LogP contribution in [-0.4, -0.2) is 21.7 Å². The Kier molecular flexibility index (Phi) is 4.92. The fourth-order valence-corrected chi connectivity index (χ4v) is 4.19. The van der Waals surface area contributed by atoms with Crippen molar-refractivity contribution >= 4 is 23.0 Å². The van der Waals surface area contributed by atoms with Crippen molar-refractivity contribution in [2.24, 2.45) is 0 Å². The Morgan fingerprint density at radius 2 is 1.88 bits per heavy atom. The molecule has 33 heavy (non-hydrogen) atoms. The summed E-state index contributed by atoms with van der Waals surface area (Å²) in [5.74, 6) is -3.43.